The third-order valence-corrected chi connectivity index (χ3v) is 6.76. The van der Waals surface area contributed by atoms with Crippen LogP contribution in [0.2, 0.25) is 0 Å². The monoisotopic (exact) mass is 400 g/mol. The van der Waals surface area contributed by atoms with Gasteiger partial charge in [-0.05, 0) is 37.1 Å². The first-order chi connectivity index (χ1) is 13.4. The van der Waals surface area contributed by atoms with Gasteiger partial charge in [0.25, 0.3) is 10.0 Å². The first-order valence-electron chi connectivity index (χ1n) is 9.15. The zero-order valence-electron chi connectivity index (χ0n) is 15.5. The zero-order valence-corrected chi connectivity index (χ0v) is 16.3. The Morgan fingerprint density at radius 3 is 2.71 bits per heavy atom. The maximum Gasteiger partial charge on any atom is 0.262 e. The van der Waals surface area contributed by atoms with E-state index in [1.165, 1.54) is 22.9 Å². The van der Waals surface area contributed by atoms with E-state index >= 15 is 0 Å². The predicted molar refractivity (Wildman–Crippen MR) is 104 cm³/mol. The highest BCUT2D eigenvalue weighted by atomic mass is 32.2. The topological polar surface area (TPSA) is 68.1 Å². The number of aromatic nitrogens is 3. The van der Waals surface area contributed by atoms with Crippen LogP contribution in [0, 0.1) is 5.82 Å². The number of imidazole rings is 1. The van der Waals surface area contributed by atoms with Crippen LogP contribution in [0.5, 0.6) is 0 Å². The summed E-state index contributed by atoms with van der Waals surface area (Å²) in [5.41, 5.74) is 1.78. The Morgan fingerprint density at radius 2 is 1.96 bits per heavy atom. The molecule has 0 N–H and O–H groups in total. The molecular formula is C20H21FN4O2S. The molecule has 1 aromatic carbocycles. The van der Waals surface area contributed by atoms with Gasteiger partial charge in [0.05, 0.1) is 12.0 Å². The average Bonchev–Trinajstić information content (AvgIpc) is 3.16. The van der Waals surface area contributed by atoms with E-state index in [1.807, 2.05) is 12.1 Å². The number of aryl methyl sites for hydroxylation is 1. The molecule has 2 aromatic heterocycles. The van der Waals surface area contributed by atoms with Crippen LogP contribution in [0.4, 0.5) is 4.39 Å². The number of rotatable bonds is 4. The fourth-order valence-electron chi connectivity index (χ4n) is 3.55. The Balaban J connectivity index is 1.60. The first-order valence-corrected chi connectivity index (χ1v) is 10.6. The number of hydrogen-bond acceptors (Lipinski definition) is 4. The van der Waals surface area contributed by atoms with E-state index in [0.29, 0.717) is 24.3 Å². The predicted octanol–water partition coefficient (Wildman–Crippen LogP) is 3.19. The van der Waals surface area contributed by atoms with Crippen molar-refractivity contribution in [2.24, 2.45) is 7.05 Å². The highest BCUT2D eigenvalue weighted by Crippen LogP contribution is 2.30. The second-order valence-corrected chi connectivity index (χ2v) is 8.89. The molecule has 1 fully saturated rings. The summed E-state index contributed by atoms with van der Waals surface area (Å²) in [6.07, 6.45) is 4.56. The third kappa shape index (κ3) is 3.57. The van der Waals surface area contributed by atoms with E-state index in [-0.39, 0.29) is 16.8 Å². The molecule has 6 nitrogen and oxygen atoms in total. The van der Waals surface area contributed by atoms with Crippen LogP contribution >= 0.6 is 0 Å². The number of piperidine rings is 1. The van der Waals surface area contributed by atoms with Crippen molar-refractivity contribution in [2.45, 2.75) is 23.8 Å². The normalized spacial score (nSPS) is 18.3. The lowest BCUT2D eigenvalue weighted by molar-refractivity contribution is 0.312. The number of halogens is 1. The van der Waals surface area contributed by atoms with Crippen LogP contribution in [0.15, 0.2) is 60.0 Å². The second kappa shape index (κ2) is 7.44. The maximum atomic E-state index is 14.1. The van der Waals surface area contributed by atoms with Crippen molar-refractivity contribution < 1.29 is 12.8 Å². The molecule has 0 bridgehead atoms. The molecular weight excluding hydrogens is 379 g/mol. The van der Waals surface area contributed by atoms with Crippen molar-refractivity contribution >= 4 is 10.0 Å². The van der Waals surface area contributed by atoms with Crippen LogP contribution in [0.3, 0.4) is 0 Å². The van der Waals surface area contributed by atoms with Crippen molar-refractivity contribution in [3.63, 3.8) is 0 Å². The van der Waals surface area contributed by atoms with E-state index < -0.39 is 10.0 Å². The summed E-state index contributed by atoms with van der Waals surface area (Å²) in [4.78, 5) is 8.64. The van der Waals surface area contributed by atoms with Gasteiger partial charge in [0.1, 0.15) is 5.82 Å². The summed E-state index contributed by atoms with van der Waals surface area (Å²) in [5.74, 6) is -0.367. The molecule has 1 atom stereocenters. The van der Waals surface area contributed by atoms with Crippen molar-refractivity contribution in [1.29, 1.82) is 0 Å². The van der Waals surface area contributed by atoms with Gasteiger partial charge < -0.3 is 4.57 Å². The Kier molecular flexibility index (Phi) is 4.99. The van der Waals surface area contributed by atoms with Crippen LogP contribution in [-0.4, -0.2) is 40.3 Å². The fraction of sp³-hybridized carbons (Fsp3) is 0.300. The molecule has 146 valence electrons. The summed E-state index contributed by atoms with van der Waals surface area (Å²) >= 11 is 0. The molecule has 4 rings (SSSR count). The Hall–Kier alpha value is -2.58. The first kappa shape index (κ1) is 18.8. The standard InChI is InChI=1S/C20H21FN4O2S/c1-24-13-20(22-14-24)28(26,27)25-11-5-6-15(12-25)18-9-4-10-19(23-18)16-7-2-3-8-17(16)21/h2-4,7-10,13-15H,5-6,11-12H2,1H3. The fourth-order valence-corrected chi connectivity index (χ4v) is 5.04. The van der Waals surface area contributed by atoms with E-state index in [9.17, 15) is 12.8 Å². The van der Waals surface area contributed by atoms with Crippen LogP contribution < -0.4 is 0 Å². The Bertz CT molecular complexity index is 1100. The summed E-state index contributed by atoms with van der Waals surface area (Å²) in [7, 11) is -1.90. The Morgan fingerprint density at radius 1 is 1.14 bits per heavy atom. The van der Waals surface area contributed by atoms with Gasteiger partial charge in [0.15, 0.2) is 5.03 Å². The van der Waals surface area contributed by atoms with Crippen molar-refractivity contribution in [2.75, 3.05) is 13.1 Å². The van der Waals surface area contributed by atoms with E-state index in [4.69, 9.17) is 0 Å². The van der Waals surface area contributed by atoms with E-state index in [2.05, 4.69) is 9.97 Å². The molecule has 3 heterocycles. The largest absolute Gasteiger partial charge is 0.339 e. The van der Waals surface area contributed by atoms with Crippen LogP contribution in [-0.2, 0) is 17.1 Å². The third-order valence-electron chi connectivity index (χ3n) is 5.01. The molecule has 3 aromatic rings. The van der Waals surface area contributed by atoms with Gasteiger partial charge in [-0.15, -0.1) is 0 Å². The van der Waals surface area contributed by atoms with Gasteiger partial charge in [-0.1, -0.05) is 18.2 Å². The molecule has 1 aliphatic rings. The number of sulfonamides is 1. The van der Waals surface area contributed by atoms with Crippen LogP contribution in [0.1, 0.15) is 24.5 Å². The quantitative estimate of drug-likeness (QED) is 0.675. The molecule has 1 saturated heterocycles. The molecule has 1 unspecified atom stereocenters. The zero-order chi connectivity index (χ0) is 19.7. The molecule has 0 radical (unpaired) electrons. The summed E-state index contributed by atoms with van der Waals surface area (Å²) < 4.78 is 43.0. The minimum absolute atomic E-state index is 0.0426. The van der Waals surface area contributed by atoms with Gasteiger partial charge >= 0.3 is 0 Å². The molecule has 28 heavy (non-hydrogen) atoms. The second-order valence-electron chi connectivity index (χ2n) is 7.01. The lowest BCUT2D eigenvalue weighted by Crippen LogP contribution is -2.39. The highest BCUT2D eigenvalue weighted by molar-refractivity contribution is 7.89. The lowest BCUT2D eigenvalue weighted by Gasteiger charge is -2.31. The molecule has 0 amide bonds. The number of pyridine rings is 1. The van der Waals surface area contributed by atoms with Gasteiger partial charge in [0, 0.05) is 43.5 Å². The smallest absolute Gasteiger partial charge is 0.262 e. The van der Waals surface area contributed by atoms with Crippen molar-refractivity contribution in [3.05, 3.63) is 66.5 Å². The number of hydrogen-bond donors (Lipinski definition) is 0. The lowest BCUT2D eigenvalue weighted by atomic mass is 9.95. The van der Waals surface area contributed by atoms with E-state index in [0.717, 1.165) is 18.5 Å². The molecule has 0 aliphatic carbocycles. The van der Waals surface area contributed by atoms with Gasteiger partial charge in [-0.2, -0.15) is 4.31 Å². The average molecular weight is 400 g/mol. The van der Waals surface area contributed by atoms with Gasteiger partial charge in [-0.3, -0.25) is 4.98 Å². The minimum Gasteiger partial charge on any atom is -0.339 e. The highest BCUT2D eigenvalue weighted by Gasteiger charge is 2.32. The summed E-state index contributed by atoms with van der Waals surface area (Å²) in [6.45, 7) is 0.801. The molecule has 1 aliphatic heterocycles. The number of nitrogens with zero attached hydrogens (tertiary/aromatic N) is 4. The maximum absolute atomic E-state index is 14.1. The summed E-state index contributed by atoms with van der Waals surface area (Å²) in [5, 5.41) is 0.0590. The minimum atomic E-state index is -3.64. The SMILES string of the molecule is Cn1cnc(S(=O)(=O)N2CCCC(c3cccc(-c4ccccc4F)n3)C2)c1. The van der Waals surface area contributed by atoms with Gasteiger partial charge in [0.2, 0.25) is 0 Å². The summed E-state index contributed by atoms with van der Waals surface area (Å²) in [6, 6.07) is 12.0. The van der Waals surface area contributed by atoms with Crippen LogP contribution in [0.25, 0.3) is 11.3 Å². The Labute approximate surface area is 163 Å². The van der Waals surface area contributed by atoms with Gasteiger partial charge in [-0.25, -0.2) is 17.8 Å². The molecule has 0 saturated carbocycles. The number of benzene rings is 1. The van der Waals surface area contributed by atoms with E-state index in [1.54, 1.807) is 35.9 Å². The van der Waals surface area contributed by atoms with Crippen molar-refractivity contribution in [3.8, 4) is 11.3 Å². The van der Waals surface area contributed by atoms with Crippen molar-refractivity contribution in [1.82, 2.24) is 18.8 Å². The molecule has 0 spiro atoms. The molecule has 8 heteroatoms.